The fourth-order valence-electron chi connectivity index (χ4n) is 2.06. The fraction of sp³-hybridized carbons (Fsp3) is 0.333. The molecule has 2 aromatic rings. The van der Waals surface area contributed by atoms with E-state index in [2.05, 4.69) is 34.7 Å². The molecule has 0 radical (unpaired) electrons. The van der Waals surface area contributed by atoms with E-state index in [0.717, 1.165) is 17.9 Å². The molecule has 1 heterocycles. The van der Waals surface area contributed by atoms with E-state index in [9.17, 15) is 4.79 Å². The molecule has 20 heavy (non-hydrogen) atoms. The van der Waals surface area contributed by atoms with Gasteiger partial charge < -0.3 is 10.6 Å². The zero-order valence-corrected chi connectivity index (χ0v) is 12.0. The van der Waals surface area contributed by atoms with Crippen molar-refractivity contribution in [1.82, 2.24) is 15.5 Å². The van der Waals surface area contributed by atoms with Gasteiger partial charge in [-0.3, -0.25) is 9.89 Å². The molecule has 0 aliphatic heterocycles. The highest BCUT2D eigenvalue weighted by Gasteiger charge is 2.11. The number of nitrogens with zero attached hydrogens (tertiary/aromatic N) is 1. The van der Waals surface area contributed by atoms with Gasteiger partial charge in [-0.25, -0.2) is 0 Å². The van der Waals surface area contributed by atoms with Crippen LogP contribution in [0.25, 0.3) is 0 Å². The van der Waals surface area contributed by atoms with Gasteiger partial charge in [0.05, 0.1) is 11.8 Å². The Morgan fingerprint density at radius 3 is 2.60 bits per heavy atom. The van der Waals surface area contributed by atoms with Crippen LogP contribution in [0.15, 0.2) is 30.5 Å². The highest BCUT2D eigenvalue weighted by molar-refractivity contribution is 6.04. The first-order valence-corrected chi connectivity index (χ1v) is 6.76. The maximum Gasteiger partial charge on any atom is 0.259 e. The van der Waals surface area contributed by atoms with Crippen LogP contribution in [0.2, 0.25) is 0 Å². The number of hydrogen-bond acceptors (Lipinski definition) is 3. The summed E-state index contributed by atoms with van der Waals surface area (Å²) in [5, 5.41) is 12.8. The summed E-state index contributed by atoms with van der Waals surface area (Å²) in [6.45, 7) is 6.95. The zero-order chi connectivity index (χ0) is 14.5. The van der Waals surface area contributed by atoms with Crippen molar-refractivity contribution in [1.29, 1.82) is 0 Å². The smallest absolute Gasteiger partial charge is 0.259 e. The first-order chi connectivity index (χ1) is 9.61. The van der Waals surface area contributed by atoms with Gasteiger partial charge in [0.15, 0.2) is 0 Å². The third-order valence-corrected chi connectivity index (χ3v) is 3.25. The molecule has 1 aromatic carbocycles. The van der Waals surface area contributed by atoms with Crippen molar-refractivity contribution in [3.63, 3.8) is 0 Å². The Bertz CT molecular complexity index is 574. The lowest BCUT2D eigenvalue weighted by Gasteiger charge is -2.13. The largest absolute Gasteiger partial charge is 0.322 e. The highest BCUT2D eigenvalue weighted by Crippen LogP contribution is 2.17. The zero-order valence-electron chi connectivity index (χ0n) is 12.0. The molecule has 0 aliphatic carbocycles. The average Bonchev–Trinajstić information content (AvgIpc) is 2.86. The Hall–Kier alpha value is -2.14. The number of anilines is 1. The van der Waals surface area contributed by atoms with E-state index in [1.54, 1.807) is 0 Å². The van der Waals surface area contributed by atoms with Gasteiger partial charge in [-0.05, 0) is 38.1 Å². The summed E-state index contributed by atoms with van der Waals surface area (Å²) in [5.74, 6) is -0.149. The maximum absolute atomic E-state index is 12.0. The normalized spacial score (nSPS) is 12.2. The van der Waals surface area contributed by atoms with Crippen molar-refractivity contribution >= 4 is 11.6 Å². The van der Waals surface area contributed by atoms with E-state index in [1.165, 1.54) is 11.8 Å². The predicted molar refractivity (Wildman–Crippen MR) is 79.8 cm³/mol. The Morgan fingerprint density at radius 1 is 1.35 bits per heavy atom. The number of nitrogens with one attached hydrogen (secondary N) is 3. The molecule has 0 saturated heterocycles. The van der Waals surface area contributed by atoms with Crippen LogP contribution in [0.3, 0.4) is 0 Å². The lowest BCUT2D eigenvalue weighted by Crippen LogP contribution is -2.17. The van der Waals surface area contributed by atoms with Gasteiger partial charge >= 0.3 is 0 Å². The molecule has 1 aromatic heterocycles. The monoisotopic (exact) mass is 272 g/mol. The summed E-state index contributed by atoms with van der Waals surface area (Å²) < 4.78 is 0. The van der Waals surface area contributed by atoms with E-state index >= 15 is 0 Å². The lowest BCUT2D eigenvalue weighted by atomic mass is 10.1. The van der Waals surface area contributed by atoms with Gasteiger partial charge in [0.2, 0.25) is 0 Å². The Balaban J connectivity index is 2.04. The third kappa shape index (κ3) is 3.24. The summed E-state index contributed by atoms with van der Waals surface area (Å²) >= 11 is 0. The number of hydrogen-bond donors (Lipinski definition) is 3. The van der Waals surface area contributed by atoms with Gasteiger partial charge in [-0.1, -0.05) is 19.1 Å². The van der Waals surface area contributed by atoms with Crippen molar-refractivity contribution in [2.75, 3.05) is 11.9 Å². The Kier molecular flexibility index (Phi) is 4.53. The molecule has 5 nitrogen and oxygen atoms in total. The first kappa shape index (κ1) is 14.3. The molecule has 0 bridgehead atoms. The fourth-order valence-corrected chi connectivity index (χ4v) is 2.06. The molecular weight excluding hydrogens is 252 g/mol. The molecule has 1 atom stereocenters. The molecule has 1 unspecified atom stereocenters. The Labute approximate surface area is 118 Å². The molecule has 106 valence electrons. The number of aromatic amines is 1. The Morgan fingerprint density at radius 2 is 2.05 bits per heavy atom. The lowest BCUT2D eigenvalue weighted by molar-refractivity contribution is 0.102. The van der Waals surface area contributed by atoms with Crippen LogP contribution in [0, 0.1) is 6.92 Å². The number of amides is 1. The van der Waals surface area contributed by atoms with Gasteiger partial charge in [-0.2, -0.15) is 5.10 Å². The van der Waals surface area contributed by atoms with Crippen LogP contribution in [0.1, 0.15) is 41.5 Å². The summed E-state index contributed by atoms with van der Waals surface area (Å²) in [7, 11) is 0. The number of carbonyl (C=O) groups is 1. The number of carbonyl (C=O) groups excluding carboxylic acids is 1. The summed E-state index contributed by atoms with van der Waals surface area (Å²) in [5.41, 5.74) is 3.31. The molecule has 3 N–H and O–H groups in total. The van der Waals surface area contributed by atoms with E-state index in [1.807, 2.05) is 31.2 Å². The second kappa shape index (κ2) is 6.34. The summed E-state index contributed by atoms with van der Waals surface area (Å²) in [6.07, 6.45) is 1.53. The van der Waals surface area contributed by atoms with Gasteiger partial charge in [-0.15, -0.1) is 0 Å². The second-order valence-corrected chi connectivity index (χ2v) is 4.76. The van der Waals surface area contributed by atoms with E-state index in [4.69, 9.17) is 0 Å². The standard InChI is InChI=1S/C15H20N4O/c1-4-16-10(2)12-5-7-13(8-6-12)18-15(20)14-9-17-19-11(14)3/h5-10,16H,4H2,1-3H3,(H,17,19)(H,18,20). The molecule has 1 amide bonds. The van der Waals surface area contributed by atoms with Crippen molar-refractivity contribution in [3.8, 4) is 0 Å². The molecule has 0 aliphatic rings. The minimum atomic E-state index is -0.149. The quantitative estimate of drug-likeness (QED) is 0.783. The van der Waals surface area contributed by atoms with Crippen LogP contribution in [0.5, 0.6) is 0 Å². The molecule has 0 fully saturated rings. The number of rotatable bonds is 5. The highest BCUT2D eigenvalue weighted by atomic mass is 16.1. The number of H-pyrrole nitrogens is 1. The predicted octanol–water partition coefficient (Wildman–Crippen LogP) is 2.64. The molecule has 0 spiro atoms. The summed E-state index contributed by atoms with van der Waals surface area (Å²) in [4.78, 5) is 12.0. The minimum Gasteiger partial charge on any atom is -0.322 e. The van der Waals surface area contributed by atoms with E-state index < -0.39 is 0 Å². The maximum atomic E-state index is 12.0. The van der Waals surface area contributed by atoms with Crippen LogP contribution < -0.4 is 10.6 Å². The molecule has 0 saturated carbocycles. The SMILES string of the molecule is CCNC(C)c1ccc(NC(=O)c2cn[nH]c2C)cc1. The average molecular weight is 272 g/mol. The van der Waals surface area contributed by atoms with Gasteiger partial charge in [0, 0.05) is 17.4 Å². The molecule has 5 heteroatoms. The topological polar surface area (TPSA) is 69.8 Å². The van der Waals surface area contributed by atoms with Crippen LogP contribution in [-0.2, 0) is 0 Å². The van der Waals surface area contributed by atoms with E-state index in [-0.39, 0.29) is 5.91 Å². The molecular formula is C15H20N4O. The van der Waals surface area contributed by atoms with Crippen LogP contribution in [0.4, 0.5) is 5.69 Å². The first-order valence-electron chi connectivity index (χ1n) is 6.76. The molecule has 2 rings (SSSR count). The number of benzene rings is 1. The number of aromatic nitrogens is 2. The van der Waals surface area contributed by atoms with Gasteiger partial charge in [0.25, 0.3) is 5.91 Å². The van der Waals surface area contributed by atoms with Crippen LogP contribution in [-0.4, -0.2) is 22.6 Å². The van der Waals surface area contributed by atoms with Crippen LogP contribution >= 0.6 is 0 Å². The van der Waals surface area contributed by atoms with Crippen molar-refractivity contribution in [3.05, 3.63) is 47.3 Å². The summed E-state index contributed by atoms with van der Waals surface area (Å²) in [6, 6.07) is 8.17. The van der Waals surface area contributed by atoms with Crippen molar-refractivity contribution < 1.29 is 4.79 Å². The number of aryl methyl sites for hydroxylation is 1. The second-order valence-electron chi connectivity index (χ2n) is 4.76. The van der Waals surface area contributed by atoms with Crippen molar-refractivity contribution in [2.45, 2.75) is 26.8 Å². The van der Waals surface area contributed by atoms with Crippen molar-refractivity contribution in [2.24, 2.45) is 0 Å². The van der Waals surface area contributed by atoms with E-state index in [0.29, 0.717) is 11.6 Å². The third-order valence-electron chi connectivity index (χ3n) is 3.25. The van der Waals surface area contributed by atoms with Gasteiger partial charge in [0.1, 0.15) is 0 Å². The minimum absolute atomic E-state index is 0.149.